The molecule has 0 aliphatic carbocycles. The maximum absolute atomic E-state index is 13.2. The summed E-state index contributed by atoms with van der Waals surface area (Å²) in [5.74, 6) is -0.913. The van der Waals surface area contributed by atoms with Crippen molar-refractivity contribution in [2.45, 2.75) is 39.9 Å². The summed E-state index contributed by atoms with van der Waals surface area (Å²) in [5.41, 5.74) is 0. The Bertz CT molecular complexity index is 445. The molecule has 0 radical (unpaired) electrons. The van der Waals surface area contributed by atoms with E-state index in [0.717, 1.165) is 18.2 Å². The number of hydrogen-bond acceptors (Lipinski definition) is 4. The Kier molecular flexibility index (Phi) is 4.91. The number of aromatic hydroxyl groups is 1. The SMILES string of the molecule is CC(C)OP(=O)(OC(C)C)c1cc(F)ccc1O. The smallest absolute Gasteiger partial charge is 0.365 e. The Labute approximate surface area is 106 Å². The van der Waals surface area contributed by atoms with Crippen LogP contribution in [0.5, 0.6) is 5.75 Å². The number of halogens is 1. The van der Waals surface area contributed by atoms with Crippen molar-refractivity contribution in [1.82, 2.24) is 0 Å². The molecule has 0 unspecified atom stereocenters. The molecule has 1 N–H and O–H groups in total. The first kappa shape index (κ1) is 15.2. The van der Waals surface area contributed by atoms with Crippen LogP contribution in [0.15, 0.2) is 18.2 Å². The molecule has 1 rings (SSSR count). The lowest BCUT2D eigenvalue weighted by Crippen LogP contribution is -2.17. The normalized spacial score (nSPS) is 12.4. The van der Waals surface area contributed by atoms with E-state index in [1.807, 2.05) is 0 Å². The van der Waals surface area contributed by atoms with Gasteiger partial charge >= 0.3 is 7.60 Å². The summed E-state index contributed by atoms with van der Waals surface area (Å²) in [5, 5.41) is 9.55. The van der Waals surface area contributed by atoms with Gasteiger partial charge in [0.05, 0.1) is 12.2 Å². The summed E-state index contributed by atoms with van der Waals surface area (Å²) < 4.78 is 36.4. The molecule has 0 aliphatic heterocycles. The van der Waals surface area contributed by atoms with Gasteiger partial charge in [-0.3, -0.25) is 4.57 Å². The van der Waals surface area contributed by atoms with E-state index < -0.39 is 13.4 Å². The van der Waals surface area contributed by atoms with Gasteiger partial charge in [0, 0.05) is 0 Å². The van der Waals surface area contributed by atoms with Gasteiger partial charge in [0.2, 0.25) is 0 Å². The van der Waals surface area contributed by atoms with E-state index >= 15 is 0 Å². The van der Waals surface area contributed by atoms with Crippen LogP contribution in [0.1, 0.15) is 27.7 Å². The molecule has 1 aromatic rings. The fraction of sp³-hybridized carbons (Fsp3) is 0.500. The number of phenolic OH excluding ortho intramolecular Hbond substituents is 1. The fourth-order valence-corrected chi connectivity index (χ4v) is 3.43. The monoisotopic (exact) mass is 276 g/mol. The predicted molar refractivity (Wildman–Crippen MR) is 67.7 cm³/mol. The zero-order chi connectivity index (χ0) is 13.9. The molecule has 0 fully saturated rings. The third kappa shape index (κ3) is 3.80. The maximum atomic E-state index is 13.2. The minimum Gasteiger partial charge on any atom is -0.507 e. The van der Waals surface area contributed by atoms with Crippen molar-refractivity contribution in [3.8, 4) is 5.75 Å². The summed E-state index contributed by atoms with van der Waals surface area (Å²) in [4.78, 5) is 0. The van der Waals surface area contributed by atoms with Crippen molar-refractivity contribution >= 4 is 12.9 Å². The van der Waals surface area contributed by atoms with Gasteiger partial charge in [-0.1, -0.05) is 0 Å². The summed E-state index contributed by atoms with van der Waals surface area (Å²) in [6.45, 7) is 6.75. The van der Waals surface area contributed by atoms with Crippen LogP contribution in [-0.2, 0) is 13.6 Å². The lowest BCUT2D eigenvalue weighted by Gasteiger charge is -2.23. The van der Waals surface area contributed by atoms with Crippen molar-refractivity contribution in [2.75, 3.05) is 0 Å². The van der Waals surface area contributed by atoms with Crippen LogP contribution in [0.4, 0.5) is 4.39 Å². The van der Waals surface area contributed by atoms with Crippen LogP contribution >= 0.6 is 7.60 Å². The molecule has 1 aromatic carbocycles. The Balaban J connectivity index is 3.24. The zero-order valence-corrected chi connectivity index (χ0v) is 11.8. The van der Waals surface area contributed by atoms with Crippen molar-refractivity contribution < 1.29 is 23.1 Å². The van der Waals surface area contributed by atoms with Gasteiger partial charge in [-0.05, 0) is 45.9 Å². The van der Waals surface area contributed by atoms with Crippen molar-refractivity contribution in [2.24, 2.45) is 0 Å². The highest BCUT2D eigenvalue weighted by molar-refractivity contribution is 7.62. The lowest BCUT2D eigenvalue weighted by atomic mass is 10.3. The van der Waals surface area contributed by atoms with Gasteiger partial charge in [-0.25, -0.2) is 4.39 Å². The topological polar surface area (TPSA) is 55.8 Å². The Hall–Kier alpha value is -0.900. The highest BCUT2D eigenvalue weighted by atomic mass is 31.2. The summed E-state index contributed by atoms with van der Waals surface area (Å²) in [6, 6.07) is 3.18. The molecule has 102 valence electrons. The van der Waals surface area contributed by atoms with Crippen LogP contribution in [-0.4, -0.2) is 17.3 Å². The van der Waals surface area contributed by atoms with Crippen LogP contribution in [0, 0.1) is 5.82 Å². The molecular formula is C12H18FO4P. The van der Waals surface area contributed by atoms with Gasteiger partial charge in [0.25, 0.3) is 0 Å². The van der Waals surface area contributed by atoms with Crippen LogP contribution in [0.25, 0.3) is 0 Å². The first-order valence-electron chi connectivity index (χ1n) is 5.70. The maximum Gasteiger partial charge on any atom is 0.365 e. The Morgan fingerprint density at radius 3 is 2.11 bits per heavy atom. The molecule has 0 aromatic heterocycles. The van der Waals surface area contributed by atoms with Gasteiger partial charge in [-0.2, -0.15) is 0 Å². The van der Waals surface area contributed by atoms with Crippen LogP contribution < -0.4 is 5.30 Å². The van der Waals surface area contributed by atoms with Crippen molar-refractivity contribution in [3.05, 3.63) is 24.0 Å². The molecule has 0 atom stereocenters. The van der Waals surface area contributed by atoms with E-state index in [1.165, 1.54) is 0 Å². The van der Waals surface area contributed by atoms with Gasteiger partial charge < -0.3 is 14.2 Å². The summed E-state index contributed by atoms with van der Waals surface area (Å²) in [6.07, 6.45) is -0.755. The minimum absolute atomic E-state index is 0.148. The quantitative estimate of drug-likeness (QED) is 0.839. The molecule has 0 heterocycles. The van der Waals surface area contributed by atoms with E-state index in [-0.39, 0.29) is 23.3 Å². The third-order valence-electron chi connectivity index (χ3n) is 1.93. The highest BCUT2D eigenvalue weighted by Gasteiger charge is 2.33. The average Bonchev–Trinajstić information content (AvgIpc) is 2.19. The largest absolute Gasteiger partial charge is 0.507 e. The van der Waals surface area contributed by atoms with Crippen LogP contribution in [0.2, 0.25) is 0 Å². The third-order valence-corrected chi connectivity index (χ3v) is 4.28. The molecule has 0 saturated heterocycles. The second-order valence-electron chi connectivity index (χ2n) is 4.44. The van der Waals surface area contributed by atoms with E-state index in [2.05, 4.69) is 0 Å². The van der Waals surface area contributed by atoms with Gasteiger partial charge in [0.1, 0.15) is 16.9 Å². The first-order valence-corrected chi connectivity index (χ1v) is 7.25. The summed E-state index contributed by atoms with van der Waals surface area (Å²) in [7, 11) is -3.74. The fourth-order valence-electron chi connectivity index (χ4n) is 1.41. The summed E-state index contributed by atoms with van der Waals surface area (Å²) >= 11 is 0. The molecule has 0 bridgehead atoms. The Morgan fingerprint density at radius 2 is 1.67 bits per heavy atom. The van der Waals surface area contributed by atoms with Crippen molar-refractivity contribution in [3.63, 3.8) is 0 Å². The Morgan fingerprint density at radius 1 is 1.17 bits per heavy atom. The second-order valence-corrected chi connectivity index (χ2v) is 6.34. The molecular weight excluding hydrogens is 258 g/mol. The van der Waals surface area contributed by atoms with E-state index in [4.69, 9.17) is 9.05 Å². The molecule has 18 heavy (non-hydrogen) atoms. The molecule has 0 spiro atoms. The number of benzene rings is 1. The van der Waals surface area contributed by atoms with E-state index in [0.29, 0.717) is 0 Å². The molecule has 0 saturated carbocycles. The number of phenols is 1. The van der Waals surface area contributed by atoms with Crippen molar-refractivity contribution in [1.29, 1.82) is 0 Å². The standard InChI is InChI=1S/C12H18FO4P/c1-8(2)16-18(15,17-9(3)4)12-7-10(13)5-6-11(12)14/h5-9,14H,1-4H3. The van der Waals surface area contributed by atoms with Gasteiger partial charge in [0.15, 0.2) is 0 Å². The number of hydrogen-bond donors (Lipinski definition) is 1. The van der Waals surface area contributed by atoms with E-state index in [1.54, 1.807) is 27.7 Å². The van der Waals surface area contributed by atoms with Crippen LogP contribution in [0.3, 0.4) is 0 Å². The lowest BCUT2D eigenvalue weighted by molar-refractivity contribution is 0.149. The molecule has 0 amide bonds. The minimum atomic E-state index is -3.74. The first-order chi connectivity index (χ1) is 8.24. The zero-order valence-electron chi connectivity index (χ0n) is 10.9. The molecule has 6 heteroatoms. The number of rotatable bonds is 5. The predicted octanol–water partition coefficient (Wildman–Crippen LogP) is 3.20. The molecule has 4 nitrogen and oxygen atoms in total. The van der Waals surface area contributed by atoms with Gasteiger partial charge in [-0.15, -0.1) is 0 Å². The molecule has 0 aliphatic rings. The second kappa shape index (κ2) is 5.83. The highest BCUT2D eigenvalue weighted by Crippen LogP contribution is 2.51. The van der Waals surface area contributed by atoms with E-state index in [9.17, 15) is 14.1 Å². The average molecular weight is 276 g/mol.